The summed E-state index contributed by atoms with van der Waals surface area (Å²) >= 11 is 1.28. The van der Waals surface area contributed by atoms with Crippen LogP contribution in [0.2, 0.25) is 0 Å². The molecule has 0 aliphatic carbocycles. The Labute approximate surface area is 138 Å². The molecule has 0 aliphatic rings. The molecular weight excluding hydrogens is 314 g/mol. The molecule has 1 aromatic heterocycles. The van der Waals surface area contributed by atoms with E-state index in [2.05, 4.69) is 5.32 Å². The minimum Gasteiger partial charge on any atom is -0.456 e. The first-order valence-corrected chi connectivity index (χ1v) is 7.93. The third kappa shape index (κ3) is 4.75. The SMILES string of the molecule is Cc1ccc(C)c(C(=O)COC(=O)CNC(=O)c2cccs2)c1. The molecular formula is C17H17NO4S. The average Bonchev–Trinajstić information content (AvgIpc) is 3.07. The second-order valence-corrected chi connectivity index (χ2v) is 6.01. The molecule has 23 heavy (non-hydrogen) atoms. The molecule has 2 rings (SSSR count). The van der Waals surface area contributed by atoms with E-state index in [1.807, 2.05) is 26.0 Å². The Morgan fingerprint density at radius 1 is 1.17 bits per heavy atom. The van der Waals surface area contributed by atoms with E-state index in [-0.39, 0.29) is 24.8 Å². The topological polar surface area (TPSA) is 72.5 Å². The van der Waals surface area contributed by atoms with Gasteiger partial charge in [0.25, 0.3) is 5.91 Å². The van der Waals surface area contributed by atoms with Crippen molar-refractivity contribution in [3.63, 3.8) is 0 Å². The van der Waals surface area contributed by atoms with Crippen LogP contribution < -0.4 is 5.32 Å². The van der Waals surface area contributed by atoms with Crippen molar-refractivity contribution < 1.29 is 19.1 Å². The fourth-order valence-corrected chi connectivity index (χ4v) is 2.60. The van der Waals surface area contributed by atoms with Gasteiger partial charge in [-0.2, -0.15) is 0 Å². The summed E-state index contributed by atoms with van der Waals surface area (Å²) in [6.07, 6.45) is 0. The van der Waals surface area contributed by atoms with Crippen LogP contribution in [0.15, 0.2) is 35.7 Å². The van der Waals surface area contributed by atoms with Crippen LogP contribution in [0, 0.1) is 13.8 Å². The minimum atomic E-state index is -0.645. The number of rotatable bonds is 6. The highest BCUT2D eigenvalue weighted by Gasteiger charge is 2.14. The number of carbonyl (C=O) groups is 3. The quantitative estimate of drug-likeness (QED) is 0.652. The summed E-state index contributed by atoms with van der Waals surface area (Å²) in [5.41, 5.74) is 2.34. The number of esters is 1. The number of thiophene rings is 1. The Bertz CT molecular complexity index is 722. The number of amides is 1. The van der Waals surface area contributed by atoms with E-state index in [0.717, 1.165) is 11.1 Å². The normalized spacial score (nSPS) is 10.2. The van der Waals surface area contributed by atoms with Crippen molar-refractivity contribution in [2.75, 3.05) is 13.2 Å². The van der Waals surface area contributed by atoms with Gasteiger partial charge in [0, 0.05) is 5.56 Å². The predicted octanol–water partition coefficient (Wildman–Crippen LogP) is 2.52. The Morgan fingerprint density at radius 3 is 2.65 bits per heavy atom. The van der Waals surface area contributed by atoms with Crippen molar-refractivity contribution in [2.45, 2.75) is 13.8 Å². The first-order valence-electron chi connectivity index (χ1n) is 7.05. The maximum absolute atomic E-state index is 12.1. The van der Waals surface area contributed by atoms with Crippen molar-refractivity contribution in [1.29, 1.82) is 0 Å². The van der Waals surface area contributed by atoms with Crippen LogP contribution in [0.4, 0.5) is 0 Å². The number of hydrogen-bond donors (Lipinski definition) is 1. The van der Waals surface area contributed by atoms with Gasteiger partial charge in [-0.05, 0) is 36.9 Å². The summed E-state index contributed by atoms with van der Waals surface area (Å²) in [5.74, 6) is -1.24. The van der Waals surface area contributed by atoms with E-state index in [4.69, 9.17) is 4.74 Å². The van der Waals surface area contributed by atoms with E-state index in [1.54, 1.807) is 23.6 Å². The number of benzene rings is 1. The average molecular weight is 331 g/mol. The number of ketones is 1. The molecule has 1 amide bonds. The molecule has 5 nitrogen and oxygen atoms in total. The van der Waals surface area contributed by atoms with Crippen LogP contribution in [0.5, 0.6) is 0 Å². The molecule has 0 bridgehead atoms. The second kappa shape index (κ2) is 7.69. The maximum Gasteiger partial charge on any atom is 0.325 e. The van der Waals surface area contributed by atoms with E-state index >= 15 is 0 Å². The number of hydrogen-bond acceptors (Lipinski definition) is 5. The molecule has 1 N–H and O–H groups in total. The summed E-state index contributed by atoms with van der Waals surface area (Å²) in [7, 11) is 0. The summed E-state index contributed by atoms with van der Waals surface area (Å²) in [5, 5.41) is 4.23. The molecule has 0 unspecified atom stereocenters. The van der Waals surface area contributed by atoms with Crippen molar-refractivity contribution >= 4 is 29.0 Å². The van der Waals surface area contributed by atoms with Crippen LogP contribution in [0.3, 0.4) is 0 Å². The Hall–Kier alpha value is -2.47. The Balaban J connectivity index is 1.81. The van der Waals surface area contributed by atoms with Gasteiger partial charge in [-0.25, -0.2) is 0 Å². The van der Waals surface area contributed by atoms with E-state index in [0.29, 0.717) is 10.4 Å². The van der Waals surface area contributed by atoms with Crippen molar-refractivity contribution in [1.82, 2.24) is 5.32 Å². The van der Waals surface area contributed by atoms with Crippen LogP contribution in [0.25, 0.3) is 0 Å². The Kier molecular flexibility index (Phi) is 5.65. The highest BCUT2D eigenvalue weighted by molar-refractivity contribution is 7.12. The van der Waals surface area contributed by atoms with Gasteiger partial charge in [0.1, 0.15) is 6.54 Å². The van der Waals surface area contributed by atoms with Crippen LogP contribution in [-0.2, 0) is 9.53 Å². The lowest BCUT2D eigenvalue weighted by molar-refractivity contribution is -0.141. The molecule has 120 valence electrons. The molecule has 1 heterocycles. The summed E-state index contributed by atoms with van der Waals surface area (Å²) in [6, 6.07) is 8.95. The molecule has 0 aliphatic heterocycles. The van der Waals surface area contributed by atoms with Gasteiger partial charge in [-0.1, -0.05) is 23.8 Å². The zero-order valence-corrected chi connectivity index (χ0v) is 13.7. The fourth-order valence-electron chi connectivity index (χ4n) is 1.96. The fraction of sp³-hybridized carbons (Fsp3) is 0.235. The number of ether oxygens (including phenoxy) is 1. The zero-order chi connectivity index (χ0) is 16.8. The molecule has 0 fully saturated rings. The van der Waals surface area contributed by atoms with Gasteiger partial charge in [-0.15, -0.1) is 11.3 Å². The second-order valence-electron chi connectivity index (χ2n) is 5.06. The highest BCUT2D eigenvalue weighted by atomic mass is 32.1. The maximum atomic E-state index is 12.1. The standard InChI is InChI=1S/C17H17NO4S/c1-11-5-6-12(2)13(8-11)14(19)10-22-16(20)9-18-17(21)15-4-3-7-23-15/h3-8H,9-10H2,1-2H3,(H,18,21). The first kappa shape index (κ1) is 16.9. The van der Waals surface area contributed by atoms with Gasteiger partial charge >= 0.3 is 5.97 Å². The predicted molar refractivity (Wildman–Crippen MR) is 87.9 cm³/mol. The molecule has 2 aromatic rings. The summed E-state index contributed by atoms with van der Waals surface area (Å²) in [4.78, 5) is 35.9. The van der Waals surface area contributed by atoms with Gasteiger partial charge < -0.3 is 10.1 Å². The molecule has 6 heteroatoms. The van der Waals surface area contributed by atoms with Gasteiger partial charge in [0.15, 0.2) is 6.61 Å². The minimum absolute atomic E-state index is 0.260. The van der Waals surface area contributed by atoms with E-state index in [9.17, 15) is 14.4 Å². The first-order chi connectivity index (χ1) is 11.0. The number of Topliss-reactive ketones (excluding diaryl/α,β-unsaturated/α-hetero) is 1. The zero-order valence-electron chi connectivity index (χ0n) is 12.9. The smallest absolute Gasteiger partial charge is 0.325 e. The third-order valence-corrected chi connectivity index (χ3v) is 4.06. The summed E-state index contributed by atoms with van der Waals surface area (Å²) in [6.45, 7) is 3.12. The van der Waals surface area contributed by atoms with Crippen LogP contribution >= 0.6 is 11.3 Å². The van der Waals surface area contributed by atoms with Crippen molar-refractivity contribution in [2.24, 2.45) is 0 Å². The lowest BCUT2D eigenvalue weighted by atomic mass is 10.0. The van der Waals surface area contributed by atoms with Crippen molar-refractivity contribution in [3.8, 4) is 0 Å². The number of aryl methyl sites for hydroxylation is 2. The van der Waals surface area contributed by atoms with Gasteiger partial charge in [0.2, 0.25) is 5.78 Å². The third-order valence-electron chi connectivity index (χ3n) is 3.20. The lowest BCUT2D eigenvalue weighted by Crippen LogP contribution is -2.31. The van der Waals surface area contributed by atoms with E-state index < -0.39 is 5.97 Å². The molecule has 0 radical (unpaired) electrons. The van der Waals surface area contributed by atoms with Gasteiger partial charge in [-0.3, -0.25) is 14.4 Å². The molecule has 1 aromatic carbocycles. The largest absolute Gasteiger partial charge is 0.456 e. The number of nitrogens with one attached hydrogen (secondary N) is 1. The number of carbonyl (C=O) groups excluding carboxylic acids is 3. The van der Waals surface area contributed by atoms with E-state index in [1.165, 1.54) is 11.3 Å². The molecule has 0 atom stereocenters. The Morgan fingerprint density at radius 2 is 1.96 bits per heavy atom. The lowest BCUT2D eigenvalue weighted by Gasteiger charge is -2.08. The van der Waals surface area contributed by atoms with Gasteiger partial charge in [0.05, 0.1) is 4.88 Å². The van der Waals surface area contributed by atoms with Crippen molar-refractivity contribution in [3.05, 3.63) is 57.3 Å². The highest BCUT2D eigenvalue weighted by Crippen LogP contribution is 2.11. The molecule has 0 saturated carbocycles. The molecule has 0 spiro atoms. The summed E-state index contributed by atoms with van der Waals surface area (Å²) < 4.78 is 4.92. The van der Waals surface area contributed by atoms with Crippen LogP contribution in [-0.4, -0.2) is 30.8 Å². The monoisotopic (exact) mass is 331 g/mol. The molecule has 0 saturated heterocycles. The van der Waals surface area contributed by atoms with Crippen LogP contribution in [0.1, 0.15) is 31.2 Å².